The smallest absolute Gasteiger partial charge is 0.490 e. The lowest BCUT2D eigenvalue weighted by atomic mass is 10.2. The van der Waals surface area contributed by atoms with E-state index < -0.39 is 12.1 Å². The van der Waals surface area contributed by atoms with Crippen molar-refractivity contribution in [1.82, 2.24) is 4.98 Å². The fraction of sp³-hybridized carbons (Fsp3) is 0.231. The van der Waals surface area contributed by atoms with E-state index in [-0.39, 0.29) is 0 Å². The molecule has 4 rings (SSSR count). The summed E-state index contributed by atoms with van der Waals surface area (Å²) >= 11 is 1.66. The van der Waals surface area contributed by atoms with Crippen LogP contribution in [0.15, 0.2) is 72.8 Å². The van der Waals surface area contributed by atoms with Crippen molar-refractivity contribution in [3.63, 3.8) is 0 Å². The van der Waals surface area contributed by atoms with Crippen molar-refractivity contribution in [2.75, 3.05) is 25.1 Å². The van der Waals surface area contributed by atoms with Crippen LogP contribution in [-0.4, -0.2) is 42.4 Å². The highest BCUT2D eigenvalue weighted by molar-refractivity contribution is 7.22. The van der Waals surface area contributed by atoms with E-state index in [0.717, 1.165) is 45.6 Å². The molecule has 0 saturated heterocycles. The van der Waals surface area contributed by atoms with Crippen molar-refractivity contribution in [3.05, 3.63) is 78.4 Å². The summed E-state index contributed by atoms with van der Waals surface area (Å²) in [7, 11) is 2.06. The number of alkyl halides is 3. The van der Waals surface area contributed by atoms with Crippen molar-refractivity contribution in [3.8, 4) is 17.2 Å². The fourth-order valence-corrected chi connectivity index (χ4v) is 4.00. The molecule has 37 heavy (non-hydrogen) atoms. The molecule has 11 heteroatoms. The molecule has 0 amide bonds. The Balaban J connectivity index is 0.000000479. The van der Waals surface area contributed by atoms with Gasteiger partial charge >= 0.3 is 12.1 Å². The molecule has 1 aromatic heterocycles. The number of fused-ring (bicyclic) bond motifs is 1. The number of hydrogen-bond donors (Lipinski definition) is 2. The molecule has 0 aliphatic heterocycles. The monoisotopic (exact) mass is 533 g/mol. The van der Waals surface area contributed by atoms with Gasteiger partial charge in [-0.15, -0.1) is 0 Å². The number of aliphatic carboxylic acids is 1. The zero-order chi connectivity index (χ0) is 26.8. The van der Waals surface area contributed by atoms with Crippen LogP contribution in [0.25, 0.3) is 10.2 Å². The van der Waals surface area contributed by atoms with Gasteiger partial charge in [0.25, 0.3) is 0 Å². The Morgan fingerprint density at radius 3 is 2.30 bits per heavy atom. The number of thiazole rings is 1. The van der Waals surface area contributed by atoms with Gasteiger partial charge in [0.1, 0.15) is 17.2 Å². The lowest BCUT2D eigenvalue weighted by Gasteiger charge is -2.16. The number of nitrogens with two attached hydrogens (primary N) is 1. The number of benzene rings is 3. The third kappa shape index (κ3) is 8.65. The Labute approximate surface area is 215 Å². The summed E-state index contributed by atoms with van der Waals surface area (Å²) in [6, 6.07) is 24.0. The first-order valence-corrected chi connectivity index (χ1v) is 12.0. The Morgan fingerprint density at radius 1 is 1.03 bits per heavy atom. The largest absolute Gasteiger partial charge is 0.494 e. The molecule has 0 unspecified atom stereocenters. The summed E-state index contributed by atoms with van der Waals surface area (Å²) in [5.74, 6) is -0.237. The van der Waals surface area contributed by atoms with E-state index in [0.29, 0.717) is 13.2 Å². The zero-order valence-corrected chi connectivity index (χ0v) is 20.8. The number of nitrogens with zero attached hydrogens (tertiary/aromatic N) is 2. The number of carboxylic acids is 1. The summed E-state index contributed by atoms with van der Waals surface area (Å²) < 4.78 is 44.5. The quantitative estimate of drug-likeness (QED) is 0.251. The highest BCUT2D eigenvalue weighted by Gasteiger charge is 2.38. The molecule has 0 aliphatic carbocycles. The van der Waals surface area contributed by atoms with Gasteiger partial charge in [-0.1, -0.05) is 41.7 Å². The second-order valence-electron chi connectivity index (χ2n) is 7.83. The molecule has 3 N–H and O–H groups in total. The molecule has 0 saturated carbocycles. The van der Waals surface area contributed by atoms with Crippen molar-refractivity contribution < 1.29 is 32.5 Å². The number of ether oxygens (including phenoxy) is 2. The van der Waals surface area contributed by atoms with Crippen molar-refractivity contribution in [2.24, 2.45) is 5.73 Å². The van der Waals surface area contributed by atoms with Crippen LogP contribution in [0.2, 0.25) is 0 Å². The van der Waals surface area contributed by atoms with E-state index in [1.54, 1.807) is 11.3 Å². The van der Waals surface area contributed by atoms with E-state index in [2.05, 4.69) is 24.1 Å². The maximum absolute atomic E-state index is 10.6. The Bertz CT molecular complexity index is 1280. The molecule has 0 fully saturated rings. The van der Waals surface area contributed by atoms with E-state index in [1.807, 2.05) is 60.7 Å². The normalized spacial score (nSPS) is 10.9. The van der Waals surface area contributed by atoms with Crippen LogP contribution < -0.4 is 20.1 Å². The van der Waals surface area contributed by atoms with Gasteiger partial charge in [-0.25, -0.2) is 9.78 Å². The summed E-state index contributed by atoms with van der Waals surface area (Å²) in [5.41, 5.74) is 7.68. The maximum Gasteiger partial charge on any atom is 0.490 e. The molecule has 4 aromatic rings. The number of hydrogen-bond acceptors (Lipinski definition) is 7. The highest BCUT2D eigenvalue weighted by Crippen LogP contribution is 2.33. The van der Waals surface area contributed by atoms with Crippen LogP contribution in [-0.2, 0) is 11.3 Å². The minimum atomic E-state index is -5.08. The molecule has 7 nitrogen and oxygen atoms in total. The number of carboxylic acid groups (broad SMARTS) is 1. The van der Waals surface area contributed by atoms with Crippen LogP contribution in [0.1, 0.15) is 12.0 Å². The van der Waals surface area contributed by atoms with Crippen molar-refractivity contribution >= 4 is 32.7 Å². The lowest BCUT2D eigenvalue weighted by Crippen LogP contribution is -2.21. The first-order chi connectivity index (χ1) is 17.7. The molecular formula is C26H26F3N3O4S. The van der Waals surface area contributed by atoms with Crippen molar-refractivity contribution in [2.45, 2.75) is 19.1 Å². The summed E-state index contributed by atoms with van der Waals surface area (Å²) in [4.78, 5) is 15.8. The number of anilines is 1. The van der Waals surface area contributed by atoms with Crippen molar-refractivity contribution in [1.29, 1.82) is 0 Å². The Kier molecular flexibility index (Phi) is 9.70. The summed E-state index contributed by atoms with van der Waals surface area (Å²) in [5, 5.41) is 8.10. The maximum atomic E-state index is 10.6. The minimum Gasteiger partial charge on any atom is -0.494 e. The number of aromatic nitrogens is 1. The number of halogens is 3. The Hall–Kier alpha value is -3.83. The predicted molar refractivity (Wildman–Crippen MR) is 138 cm³/mol. The van der Waals surface area contributed by atoms with E-state index in [4.69, 9.17) is 30.1 Å². The molecule has 0 aliphatic rings. The molecular weight excluding hydrogens is 507 g/mol. The SMILES string of the molecule is CN(Cc1ccc(OCCCN)cc1)c1nc2ccc(Oc3ccccc3)cc2s1.O=C(O)C(F)(F)F. The second kappa shape index (κ2) is 12.9. The van der Waals surface area contributed by atoms with Gasteiger partial charge in [0.2, 0.25) is 0 Å². The average Bonchev–Trinajstić information content (AvgIpc) is 3.29. The fourth-order valence-electron chi connectivity index (χ4n) is 3.05. The molecule has 3 aromatic carbocycles. The van der Waals surface area contributed by atoms with Gasteiger partial charge < -0.3 is 25.2 Å². The first-order valence-electron chi connectivity index (χ1n) is 11.2. The van der Waals surface area contributed by atoms with Gasteiger partial charge in [0, 0.05) is 19.7 Å². The molecule has 0 spiro atoms. The van der Waals surface area contributed by atoms with E-state index in [1.165, 1.54) is 5.56 Å². The first kappa shape index (κ1) is 27.8. The van der Waals surface area contributed by atoms with Gasteiger partial charge in [-0.05, 0) is 54.9 Å². The van der Waals surface area contributed by atoms with Gasteiger partial charge in [0.15, 0.2) is 5.13 Å². The average molecular weight is 534 g/mol. The highest BCUT2D eigenvalue weighted by atomic mass is 32.1. The molecule has 196 valence electrons. The van der Waals surface area contributed by atoms with Gasteiger partial charge in [-0.2, -0.15) is 13.2 Å². The third-order valence-corrected chi connectivity index (χ3v) is 5.99. The summed E-state index contributed by atoms with van der Waals surface area (Å²) in [6.45, 7) is 2.07. The van der Waals surface area contributed by atoms with Gasteiger partial charge in [-0.3, -0.25) is 0 Å². The topological polar surface area (TPSA) is 97.9 Å². The van der Waals surface area contributed by atoms with E-state index in [9.17, 15) is 13.2 Å². The number of rotatable bonds is 9. The second-order valence-corrected chi connectivity index (χ2v) is 8.84. The van der Waals surface area contributed by atoms with Gasteiger partial charge in [0.05, 0.1) is 16.8 Å². The van der Waals surface area contributed by atoms with Crippen LogP contribution in [0, 0.1) is 0 Å². The molecule has 0 bridgehead atoms. The van der Waals surface area contributed by atoms with Crippen LogP contribution in [0.5, 0.6) is 17.2 Å². The molecule has 0 atom stereocenters. The third-order valence-electron chi connectivity index (χ3n) is 4.86. The minimum absolute atomic E-state index is 0.644. The molecule has 0 radical (unpaired) electrons. The lowest BCUT2D eigenvalue weighted by molar-refractivity contribution is -0.192. The molecule has 1 heterocycles. The van der Waals surface area contributed by atoms with E-state index >= 15 is 0 Å². The Morgan fingerprint density at radius 2 is 1.68 bits per heavy atom. The summed E-state index contributed by atoms with van der Waals surface area (Å²) in [6.07, 6.45) is -4.22. The predicted octanol–water partition coefficient (Wildman–Crippen LogP) is 6.09. The standard InChI is InChI=1S/C24H25N3O2S.C2HF3O2/c1-27(17-18-8-10-19(11-9-18)28-15-5-14-25)24-26-22-13-12-21(16-23(22)30-24)29-20-6-3-2-4-7-20;3-2(4,5)1(6)7/h2-4,6-13,16H,5,14-15,17,25H2,1H3;(H,6,7). The number of para-hydroxylation sites is 1. The number of carbonyl (C=O) groups is 1. The van der Waals surface area contributed by atoms with Crippen LogP contribution >= 0.6 is 11.3 Å². The zero-order valence-electron chi connectivity index (χ0n) is 19.9. The van der Waals surface area contributed by atoms with Crippen LogP contribution in [0.3, 0.4) is 0 Å². The van der Waals surface area contributed by atoms with Crippen LogP contribution in [0.4, 0.5) is 18.3 Å².